The molecule has 2 aliphatic heterocycles. The molecule has 2 unspecified atom stereocenters. The van der Waals surface area contributed by atoms with Crippen molar-refractivity contribution >= 4 is 38.5 Å². The van der Waals surface area contributed by atoms with E-state index in [9.17, 15) is 39.0 Å². The molecule has 0 aromatic carbocycles. The van der Waals surface area contributed by atoms with Crippen molar-refractivity contribution in [2.24, 2.45) is 5.73 Å². The molecule has 246 valence electrons. The van der Waals surface area contributed by atoms with Crippen molar-refractivity contribution in [1.82, 2.24) is 19.5 Å². The third kappa shape index (κ3) is 7.05. The van der Waals surface area contributed by atoms with Gasteiger partial charge in [-0.3, -0.25) is 18.5 Å². The van der Waals surface area contributed by atoms with E-state index in [0.29, 0.717) is 0 Å². The lowest BCUT2D eigenvalue weighted by Gasteiger charge is -2.32. The average molecular weight is 676 g/mol. The highest BCUT2D eigenvalue weighted by Crippen LogP contribution is 2.56. The fourth-order valence-corrected chi connectivity index (χ4v) is 6.86. The summed E-state index contributed by atoms with van der Waals surface area (Å²) in [5, 5.41) is 31.5. The smallest absolute Gasteiger partial charge is 0.292 e. The molecule has 0 saturated carbocycles. The molecule has 2 aliphatic rings. The minimum atomic E-state index is -5.66. The molecular formula is C22H28N7O14P2-. The zero-order chi connectivity index (χ0) is 32.7. The Balaban J connectivity index is 1.17. The number of hydrogen-bond acceptors (Lipinski definition) is 18. The minimum absolute atomic E-state index is 0.0611. The van der Waals surface area contributed by atoms with E-state index in [1.807, 2.05) is 0 Å². The van der Waals surface area contributed by atoms with E-state index >= 15 is 0 Å². The van der Waals surface area contributed by atoms with Gasteiger partial charge in [0.25, 0.3) is 27.8 Å². The van der Waals surface area contributed by atoms with Gasteiger partial charge in [0.2, 0.25) is 0 Å². The standard InChI is InChI=1S/C22H29N7O14P2/c1-38-17-12(42-22(16(17)32)29-9-27-13-18(23)25-8-26-20(13)29)7-40-45(36,37)43-44(34,35)39-6-11-14(30)15(31)21(41-11)28-4-2-3-10(5-28)19(24)33/h2-5,8-9,11-12,14-17,21-22,30-32H,6-7H2,1H3,(H5-,23,24,25,26,33,34,35,36,37)/p-1/t11-,12-,14-,15-,16-,17-,21-,22-/m1/s1. The van der Waals surface area contributed by atoms with E-state index in [-0.39, 0.29) is 22.5 Å². The number of anilines is 1. The molecule has 2 fully saturated rings. The fraction of sp³-hybridized carbons (Fsp3) is 0.500. The van der Waals surface area contributed by atoms with Gasteiger partial charge >= 0.3 is 0 Å². The van der Waals surface area contributed by atoms with Gasteiger partial charge in [-0.05, 0) is 6.07 Å². The van der Waals surface area contributed by atoms with E-state index in [1.165, 1.54) is 53.4 Å². The van der Waals surface area contributed by atoms with Crippen LogP contribution in [0.3, 0.4) is 0 Å². The maximum atomic E-state index is 12.4. The number of methoxy groups -OCH3 is 1. The largest absolute Gasteiger partial charge is 0.756 e. The molecular weight excluding hydrogens is 648 g/mol. The molecule has 5 heterocycles. The maximum Gasteiger partial charge on any atom is 0.292 e. The van der Waals surface area contributed by atoms with Gasteiger partial charge in [0, 0.05) is 13.2 Å². The van der Waals surface area contributed by atoms with Crippen molar-refractivity contribution in [3.8, 4) is 0 Å². The zero-order valence-corrected chi connectivity index (χ0v) is 24.9. The highest BCUT2D eigenvalue weighted by Gasteiger charge is 2.49. The number of nitrogen functional groups attached to an aromatic ring is 1. The Kier molecular flexibility index (Phi) is 9.64. The number of nitrogens with zero attached hydrogens (tertiary/aromatic N) is 5. The molecule has 0 spiro atoms. The second-order valence-corrected chi connectivity index (χ2v) is 12.8. The van der Waals surface area contributed by atoms with E-state index in [4.69, 9.17) is 30.2 Å². The van der Waals surface area contributed by atoms with Crippen molar-refractivity contribution in [2.45, 2.75) is 49.1 Å². The summed E-state index contributed by atoms with van der Waals surface area (Å²) in [6.45, 7) is -1.82. The molecule has 1 amide bonds. The zero-order valence-electron chi connectivity index (χ0n) is 23.1. The first-order chi connectivity index (χ1) is 21.2. The topological polar surface area (TPSA) is 313 Å². The van der Waals surface area contributed by atoms with Gasteiger partial charge in [-0.15, -0.1) is 0 Å². The molecule has 5 rings (SSSR count). The number of aliphatic hydroxyl groups is 3. The number of aromatic nitrogens is 5. The lowest BCUT2D eigenvalue weighted by Crippen LogP contribution is -2.46. The van der Waals surface area contributed by atoms with Gasteiger partial charge in [0.1, 0.15) is 47.9 Å². The molecule has 3 aromatic heterocycles. The van der Waals surface area contributed by atoms with Gasteiger partial charge in [0.05, 0.1) is 19.5 Å². The first kappa shape index (κ1) is 33.4. The van der Waals surface area contributed by atoms with Crippen LogP contribution in [0.4, 0.5) is 5.82 Å². The Morgan fingerprint density at radius 1 is 1.07 bits per heavy atom. The summed E-state index contributed by atoms with van der Waals surface area (Å²) in [6, 6.07) is 2.82. The minimum Gasteiger partial charge on any atom is -0.756 e. The molecule has 23 heteroatoms. The molecule has 0 bridgehead atoms. The summed E-state index contributed by atoms with van der Waals surface area (Å²) >= 11 is 0. The Hall–Kier alpha value is -3.01. The number of imidazole rings is 1. The number of phosphoric ester groups is 2. The van der Waals surface area contributed by atoms with Crippen molar-refractivity contribution in [3.05, 3.63) is 42.7 Å². The Bertz CT molecular complexity index is 1650. The summed E-state index contributed by atoms with van der Waals surface area (Å²) in [6.07, 6.45) is -5.93. The quantitative estimate of drug-likeness (QED) is 0.0913. The number of nitrogens with two attached hydrogens (primary N) is 2. The van der Waals surface area contributed by atoms with Crippen molar-refractivity contribution in [3.63, 3.8) is 0 Å². The Labute approximate surface area is 253 Å². The molecule has 45 heavy (non-hydrogen) atoms. The fourth-order valence-electron chi connectivity index (χ4n) is 4.84. The predicted octanol–water partition coefficient (Wildman–Crippen LogP) is -3.63. The average Bonchev–Trinajstić information content (AvgIpc) is 3.64. The normalized spacial score (nSPS) is 31.2. The van der Waals surface area contributed by atoms with Gasteiger partial charge in [-0.25, -0.2) is 19.3 Å². The number of primary amides is 1. The van der Waals surface area contributed by atoms with Crippen LogP contribution in [0.1, 0.15) is 22.8 Å². The summed E-state index contributed by atoms with van der Waals surface area (Å²) in [7, 11) is -10.1. The number of aliphatic hydroxyl groups excluding tert-OH is 3. The number of carbonyl (C=O) groups excluding carboxylic acids is 1. The number of carbonyl (C=O) groups is 1. The van der Waals surface area contributed by atoms with Gasteiger partial charge in [-0.2, -0.15) is 4.57 Å². The van der Waals surface area contributed by atoms with Crippen LogP contribution in [-0.4, -0.2) is 97.7 Å². The molecule has 3 aromatic rings. The number of rotatable bonds is 12. The van der Waals surface area contributed by atoms with E-state index in [1.54, 1.807) is 0 Å². The first-order valence-corrected chi connectivity index (χ1v) is 15.9. The van der Waals surface area contributed by atoms with E-state index in [2.05, 4.69) is 23.8 Å². The van der Waals surface area contributed by atoms with Crippen LogP contribution in [0.25, 0.3) is 11.2 Å². The lowest BCUT2D eigenvalue weighted by molar-refractivity contribution is -0.765. The molecule has 10 atom stereocenters. The van der Waals surface area contributed by atoms with Crippen LogP contribution in [0.5, 0.6) is 0 Å². The van der Waals surface area contributed by atoms with Gasteiger partial charge < -0.3 is 59.8 Å². The second-order valence-electron chi connectivity index (χ2n) is 9.86. The Morgan fingerprint density at radius 2 is 1.76 bits per heavy atom. The molecule has 21 nitrogen and oxygen atoms in total. The van der Waals surface area contributed by atoms with Gasteiger partial charge in [-0.1, -0.05) is 0 Å². The predicted molar refractivity (Wildman–Crippen MR) is 140 cm³/mol. The lowest BCUT2D eigenvalue weighted by atomic mass is 10.1. The number of amides is 1. The monoisotopic (exact) mass is 676 g/mol. The maximum absolute atomic E-state index is 12.4. The molecule has 2 saturated heterocycles. The van der Waals surface area contributed by atoms with Crippen molar-refractivity contribution in [2.75, 3.05) is 26.1 Å². The number of hydrogen-bond donors (Lipinski definition) is 5. The van der Waals surface area contributed by atoms with Crippen LogP contribution < -0.4 is 25.8 Å². The summed E-state index contributed by atoms with van der Waals surface area (Å²) < 4.78 is 57.1. The van der Waals surface area contributed by atoms with Crippen molar-refractivity contribution < 1.29 is 71.2 Å². The van der Waals surface area contributed by atoms with Crippen LogP contribution in [0.2, 0.25) is 0 Å². The second kappa shape index (κ2) is 13.0. The van der Waals surface area contributed by atoms with Crippen LogP contribution in [-0.2, 0) is 36.7 Å². The van der Waals surface area contributed by atoms with Crippen LogP contribution in [0, 0.1) is 0 Å². The van der Waals surface area contributed by atoms with E-state index < -0.39 is 83.8 Å². The van der Waals surface area contributed by atoms with Crippen LogP contribution in [0.15, 0.2) is 37.2 Å². The number of fused-ring (bicyclic) bond motifs is 1. The number of pyridine rings is 1. The molecule has 0 aliphatic carbocycles. The molecule has 7 N–H and O–H groups in total. The van der Waals surface area contributed by atoms with Gasteiger partial charge in [0.15, 0.2) is 36.2 Å². The summed E-state index contributed by atoms with van der Waals surface area (Å²) in [5.74, 6) is -0.700. The van der Waals surface area contributed by atoms with Crippen molar-refractivity contribution in [1.29, 1.82) is 0 Å². The number of ether oxygens (including phenoxy) is 3. The highest BCUT2D eigenvalue weighted by molar-refractivity contribution is 7.59. The third-order valence-corrected chi connectivity index (χ3v) is 9.50. The number of phosphoric acid groups is 2. The molecule has 0 radical (unpaired) electrons. The summed E-state index contributed by atoms with van der Waals surface area (Å²) in [4.78, 5) is 48.2. The summed E-state index contributed by atoms with van der Waals surface area (Å²) in [5.41, 5.74) is 11.5. The SMILES string of the molecule is CO[C@H]1[C@@H](O)[C@H](n2cnc3c(N)ncnc32)O[C@@H]1COP(=O)([O-])OP(=O)([O-])OC[C@H]1O[C@@H]([n+]2cccc(C(N)=O)c2)[C@H](O)[C@@H]1O. The van der Waals surface area contributed by atoms with E-state index in [0.717, 1.165) is 0 Å². The third-order valence-electron chi connectivity index (χ3n) is 6.97. The first-order valence-electron chi connectivity index (χ1n) is 13.0. The highest BCUT2D eigenvalue weighted by atomic mass is 31.3. The van der Waals surface area contributed by atoms with Crippen LogP contribution >= 0.6 is 15.6 Å². The Morgan fingerprint density at radius 3 is 2.42 bits per heavy atom.